The van der Waals surface area contributed by atoms with Gasteiger partial charge in [-0.05, 0) is 115 Å². The number of allylic oxidation sites excluding steroid dienone is 2. The van der Waals surface area contributed by atoms with Gasteiger partial charge in [0.2, 0.25) is 0 Å². The van der Waals surface area contributed by atoms with Crippen LogP contribution in [-0.2, 0) is 37.0 Å². The zero-order valence-electron chi connectivity index (χ0n) is 39.9. The van der Waals surface area contributed by atoms with Gasteiger partial charge < -0.3 is 14.6 Å². The molecule has 5 aliphatic rings. The van der Waals surface area contributed by atoms with Crippen LogP contribution in [0.4, 0.5) is 0 Å². The van der Waals surface area contributed by atoms with Gasteiger partial charge in [-0.3, -0.25) is 14.4 Å². The maximum atomic E-state index is 13.5. The molecule has 8 atom stereocenters. The summed E-state index contributed by atoms with van der Waals surface area (Å²) in [6, 6.07) is 0. The molecular formula is C52H85N3O6. The van der Waals surface area contributed by atoms with E-state index in [4.69, 9.17) is 9.47 Å². The Hall–Kier alpha value is -2.71. The molecule has 6 rings (SSSR count). The summed E-state index contributed by atoms with van der Waals surface area (Å²) in [7, 11) is 0. The molecule has 1 aromatic heterocycles. The molecule has 344 valence electrons. The maximum absolute atomic E-state index is 13.5. The molecule has 61 heavy (non-hydrogen) atoms. The Morgan fingerprint density at radius 1 is 0.770 bits per heavy atom. The number of aliphatic carboxylic acids is 1. The third-order valence-corrected chi connectivity index (χ3v) is 18.3. The summed E-state index contributed by atoms with van der Waals surface area (Å²) in [4.78, 5) is 38.2. The van der Waals surface area contributed by atoms with Crippen LogP contribution in [0.2, 0.25) is 0 Å². The average molecular weight is 848 g/mol. The Morgan fingerprint density at radius 3 is 2.07 bits per heavy atom. The first-order chi connectivity index (χ1) is 28.9. The van der Waals surface area contributed by atoms with Gasteiger partial charge in [0.25, 0.3) is 0 Å². The lowest BCUT2D eigenvalue weighted by atomic mass is 9.33. The predicted octanol–water partition coefficient (Wildman–Crippen LogP) is 13.0. The van der Waals surface area contributed by atoms with Crippen LogP contribution >= 0.6 is 0 Å². The number of hydrogen-bond donors (Lipinski definition) is 1. The third kappa shape index (κ3) is 10.3. The summed E-state index contributed by atoms with van der Waals surface area (Å²) in [6.07, 6.45) is 31.8. The number of fused-ring (bicyclic) bond motifs is 7. The number of esters is 2. The highest BCUT2D eigenvalue weighted by Crippen LogP contribution is 2.76. The van der Waals surface area contributed by atoms with Crippen LogP contribution in [0.15, 0.2) is 17.8 Å². The van der Waals surface area contributed by atoms with Crippen LogP contribution in [0.25, 0.3) is 0 Å². The Kier molecular flexibility index (Phi) is 15.3. The minimum Gasteiger partial charge on any atom is -0.481 e. The molecule has 9 heteroatoms. The van der Waals surface area contributed by atoms with Gasteiger partial charge in [0.1, 0.15) is 24.9 Å². The Balaban J connectivity index is 0.963. The first kappa shape index (κ1) is 47.8. The summed E-state index contributed by atoms with van der Waals surface area (Å²) < 4.78 is 13.3. The fourth-order valence-corrected chi connectivity index (χ4v) is 14.5. The number of carboxylic acids is 1. The quantitative estimate of drug-likeness (QED) is 0.0737. The standard InChI is InChI=1S/C52H85N3O6/c1-9-10-11-12-13-14-15-16-17-18-19-20-21-22-45(58)60-37-38-35-55(54-53-38)36-46(59)61-43-26-27-49(6)41(48(43,4)5)25-28-51(8)42(49)24-23-39-40-33-47(2,3)29-31-52(40,34-44(56)57)32-30-50(39,51)7/h23,35,40-43H,9-22,24-34,36-37H2,1-8H3,(H,56,57)/t40-,41?,42-,43+,49+,50-,51-,52-/m1/s1. The summed E-state index contributed by atoms with van der Waals surface area (Å²) in [5.41, 5.74) is 2.33. The normalized spacial score (nSPS) is 33.6. The van der Waals surface area contributed by atoms with E-state index in [0.717, 1.165) is 77.0 Å². The number of unbranched alkanes of at least 4 members (excludes halogenated alkanes) is 12. The van der Waals surface area contributed by atoms with E-state index >= 15 is 0 Å². The number of nitrogens with zero attached hydrogens (tertiary/aromatic N) is 3. The molecule has 0 aromatic carbocycles. The van der Waals surface area contributed by atoms with Gasteiger partial charge in [-0.25, -0.2) is 4.68 Å². The van der Waals surface area contributed by atoms with Crippen molar-refractivity contribution in [3.8, 4) is 0 Å². The largest absolute Gasteiger partial charge is 0.481 e. The van der Waals surface area contributed by atoms with E-state index in [9.17, 15) is 19.5 Å². The van der Waals surface area contributed by atoms with Crippen molar-refractivity contribution in [2.24, 2.45) is 50.2 Å². The highest BCUT2D eigenvalue weighted by Gasteiger charge is 2.68. The lowest BCUT2D eigenvalue weighted by Crippen LogP contribution is -2.65. The summed E-state index contributed by atoms with van der Waals surface area (Å²) in [6.45, 7) is 19.4. The van der Waals surface area contributed by atoms with Gasteiger partial charge in [-0.15, -0.1) is 5.10 Å². The molecule has 0 amide bonds. The van der Waals surface area contributed by atoms with Gasteiger partial charge in [0.15, 0.2) is 0 Å². The number of ether oxygens (including phenoxy) is 2. The third-order valence-electron chi connectivity index (χ3n) is 18.3. The number of carbonyl (C=O) groups excluding carboxylic acids is 2. The molecule has 1 aromatic rings. The molecule has 4 saturated carbocycles. The topological polar surface area (TPSA) is 121 Å². The molecule has 1 unspecified atom stereocenters. The van der Waals surface area contributed by atoms with Gasteiger partial charge in [0, 0.05) is 11.8 Å². The molecular weight excluding hydrogens is 763 g/mol. The zero-order chi connectivity index (χ0) is 44.1. The van der Waals surface area contributed by atoms with E-state index in [-0.39, 0.29) is 63.7 Å². The molecule has 0 saturated heterocycles. The van der Waals surface area contributed by atoms with E-state index in [1.165, 1.54) is 75.3 Å². The Morgan fingerprint density at radius 2 is 1.41 bits per heavy atom. The van der Waals surface area contributed by atoms with Crippen molar-refractivity contribution in [2.75, 3.05) is 0 Å². The van der Waals surface area contributed by atoms with E-state index in [2.05, 4.69) is 71.8 Å². The van der Waals surface area contributed by atoms with Crippen molar-refractivity contribution in [1.29, 1.82) is 0 Å². The molecule has 1 N–H and O–H groups in total. The number of carboxylic acid groups (broad SMARTS) is 1. The fourth-order valence-electron chi connectivity index (χ4n) is 14.5. The number of aromatic nitrogens is 3. The molecule has 5 aliphatic carbocycles. The maximum Gasteiger partial charge on any atom is 0.328 e. The number of hydrogen-bond acceptors (Lipinski definition) is 7. The smallest absolute Gasteiger partial charge is 0.328 e. The van der Waals surface area contributed by atoms with Crippen LogP contribution in [-0.4, -0.2) is 44.1 Å². The molecule has 0 spiro atoms. The minimum absolute atomic E-state index is 0.0254. The number of carbonyl (C=O) groups is 3. The van der Waals surface area contributed by atoms with Gasteiger partial charge in [0.05, 0.1) is 12.6 Å². The van der Waals surface area contributed by atoms with E-state index in [0.29, 0.717) is 36.3 Å². The van der Waals surface area contributed by atoms with Crippen molar-refractivity contribution in [1.82, 2.24) is 15.0 Å². The van der Waals surface area contributed by atoms with Crippen molar-refractivity contribution in [3.05, 3.63) is 23.5 Å². The molecule has 0 radical (unpaired) electrons. The lowest BCUT2D eigenvalue weighted by Gasteiger charge is -2.71. The lowest BCUT2D eigenvalue weighted by molar-refractivity contribution is -0.213. The molecule has 1 heterocycles. The van der Waals surface area contributed by atoms with Crippen LogP contribution in [0, 0.1) is 50.2 Å². The monoisotopic (exact) mass is 848 g/mol. The second-order valence-corrected chi connectivity index (χ2v) is 23.0. The number of rotatable bonds is 21. The Labute approximate surface area is 369 Å². The molecule has 0 bridgehead atoms. The van der Waals surface area contributed by atoms with Crippen molar-refractivity contribution >= 4 is 17.9 Å². The fraction of sp³-hybridized carbons (Fsp3) is 0.865. The van der Waals surface area contributed by atoms with Crippen LogP contribution in [0.1, 0.15) is 222 Å². The molecule has 4 fully saturated rings. The highest BCUT2D eigenvalue weighted by atomic mass is 16.5. The molecule has 0 aliphatic heterocycles. The first-order valence-corrected chi connectivity index (χ1v) is 25.1. The summed E-state index contributed by atoms with van der Waals surface area (Å²) in [5, 5.41) is 18.5. The van der Waals surface area contributed by atoms with E-state index in [1.54, 1.807) is 11.8 Å². The second kappa shape index (κ2) is 19.6. The van der Waals surface area contributed by atoms with Gasteiger partial charge in [-0.1, -0.05) is 149 Å². The highest BCUT2D eigenvalue weighted by molar-refractivity contribution is 5.70. The van der Waals surface area contributed by atoms with Gasteiger partial charge >= 0.3 is 17.9 Å². The van der Waals surface area contributed by atoms with E-state index in [1.807, 2.05) is 0 Å². The van der Waals surface area contributed by atoms with E-state index < -0.39 is 5.97 Å². The molecule has 9 nitrogen and oxygen atoms in total. The average Bonchev–Trinajstić information content (AvgIpc) is 3.64. The van der Waals surface area contributed by atoms with Crippen LogP contribution in [0.3, 0.4) is 0 Å². The Bertz CT molecular complexity index is 1700. The summed E-state index contributed by atoms with van der Waals surface area (Å²) >= 11 is 0. The second-order valence-electron chi connectivity index (χ2n) is 23.0. The van der Waals surface area contributed by atoms with Crippen molar-refractivity contribution in [3.63, 3.8) is 0 Å². The SMILES string of the molecule is CCCCCCCCCCCCCCCC(=O)OCc1cn(CC(=O)O[C@H]2CC[C@@]3(C)C(CC[C@]4(C)[C@@H]3CC=C3[C@H]5CC(C)(C)CC[C@]5(CC(=O)O)CC[C@]34C)C2(C)C)nn1. The van der Waals surface area contributed by atoms with Crippen molar-refractivity contribution < 1.29 is 29.0 Å². The first-order valence-electron chi connectivity index (χ1n) is 25.1. The zero-order valence-corrected chi connectivity index (χ0v) is 39.9. The summed E-state index contributed by atoms with van der Waals surface area (Å²) in [5.74, 6) is 0.118. The predicted molar refractivity (Wildman–Crippen MR) is 241 cm³/mol. The van der Waals surface area contributed by atoms with Gasteiger partial charge in [-0.2, -0.15) is 0 Å². The minimum atomic E-state index is -0.638. The van der Waals surface area contributed by atoms with Crippen molar-refractivity contribution in [2.45, 2.75) is 235 Å². The van der Waals surface area contributed by atoms with Crippen LogP contribution in [0.5, 0.6) is 0 Å². The van der Waals surface area contributed by atoms with Crippen LogP contribution < -0.4 is 0 Å².